The maximum Gasteiger partial charge on any atom is 0.244 e. The van der Waals surface area contributed by atoms with Gasteiger partial charge in [-0.1, -0.05) is 26.0 Å². The van der Waals surface area contributed by atoms with Crippen LogP contribution in [0, 0.1) is 12.7 Å². The van der Waals surface area contributed by atoms with Gasteiger partial charge < -0.3 is 15.1 Å². The standard InChI is InChI=1S/C23H25FN2O3/c1-13(2)18-11-19-16(12-29-20(19)8-14(18)3)10-21(27)26(4)22(23(25)28)15-6-5-7-17(24)9-15/h5-9,11-13,22H,10H2,1-4H3,(H2,25,28). The second-order valence-corrected chi connectivity index (χ2v) is 7.66. The van der Waals surface area contributed by atoms with Gasteiger partial charge in [0.15, 0.2) is 0 Å². The molecule has 5 nitrogen and oxygen atoms in total. The van der Waals surface area contributed by atoms with Crippen LogP contribution in [0.5, 0.6) is 0 Å². The van der Waals surface area contributed by atoms with E-state index < -0.39 is 17.8 Å². The smallest absolute Gasteiger partial charge is 0.244 e. The maximum absolute atomic E-state index is 13.6. The van der Waals surface area contributed by atoms with E-state index in [1.165, 1.54) is 35.7 Å². The predicted octanol–water partition coefficient (Wildman–Crippen LogP) is 4.23. The lowest BCUT2D eigenvalue weighted by Crippen LogP contribution is -2.39. The number of carbonyl (C=O) groups excluding carboxylic acids is 2. The first-order valence-electron chi connectivity index (χ1n) is 9.50. The molecule has 0 saturated heterocycles. The first kappa shape index (κ1) is 20.6. The van der Waals surface area contributed by atoms with Crippen LogP contribution in [-0.4, -0.2) is 23.8 Å². The molecular weight excluding hydrogens is 371 g/mol. The molecule has 1 heterocycles. The van der Waals surface area contributed by atoms with E-state index >= 15 is 0 Å². The molecule has 2 aromatic carbocycles. The highest BCUT2D eigenvalue weighted by Crippen LogP contribution is 2.30. The molecule has 1 atom stereocenters. The summed E-state index contributed by atoms with van der Waals surface area (Å²) in [5.41, 5.74) is 9.63. The molecule has 29 heavy (non-hydrogen) atoms. The van der Waals surface area contributed by atoms with Gasteiger partial charge in [-0.2, -0.15) is 0 Å². The number of likely N-dealkylation sites (N-methyl/N-ethyl adjacent to an activating group) is 1. The number of primary amides is 1. The Hall–Kier alpha value is -3.15. The molecule has 2 amide bonds. The SMILES string of the molecule is Cc1cc2occ(CC(=O)N(C)C(C(N)=O)c3cccc(F)c3)c2cc1C(C)C. The molecule has 0 saturated carbocycles. The van der Waals surface area contributed by atoms with Crippen molar-refractivity contribution in [2.45, 2.75) is 39.2 Å². The van der Waals surface area contributed by atoms with Gasteiger partial charge in [-0.25, -0.2) is 4.39 Å². The first-order valence-corrected chi connectivity index (χ1v) is 9.50. The van der Waals surface area contributed by atoms with E-state index in [0.29, 0.717) is 17.1 Å². The largest absolute Gasteiger partial charge is 0.464 e. The summed E-state index contributed by atoms with van der Waals surface area (Å²) in [7, 11) is 1.49. The third kappa shape index (κ3) is 4.16. The molecule has 0 fully saturated rings. The minimum absolute atomic E-state index is 0.0448. The van der Waals surface area contributed by atoms with Gasteiger partial charge >= 0.3 is 0 Å². The Labute approximate surface area is 169 Å². The summed E-state index contributed by atoms with van der Waals surface area (Å²) >= 11 is 0. The molecule has 0 spiro atoms. The van der Waals surface area contributed by atoms with Crippen molar-refractivity contribution in [3.05, 3.63) is 70.7 Å². The number of aryl methyl sites for hydroxylation is 1. The zero-order valence-electron chi connectivity index (χ0n) is 17.0. The summed E-state index contributed by atoms with van der Waals surface area (Å²) in [6.45, 7) is 6.26. The molecule has 0 aliphatic rings. The number of hydrogen-bond acceptors (Lipinski definition) is 3. The first-order chi connectivity index (χ1) is 13.7. The van der Waals surface area contributed by atoms with E-state index in [9.17, 15) is 14.0 Å². The Morgan fingerprint density at radius 1 is 1.21 bits per heavy atom. The van der Waals surface area contributed by atoms with Crippen LogP contribution >= 0.6 is 0 Å². The monoisotopic (exact) mass is 396 g/mol. The van der Waals surface area contributed by atoms with Crippen molar-refractivity contribution in [1.29, 1.82) is 0 Å². The van der Waals surface area contributed by atoms with Crippen LogP contribution in [0.25, 0.3) is 11.0 Å². The summed E-state index contributed by atoms with van der Waals surface area (Å²) in [6, 6.07) is 8.52. The number of carbonyl (C=O) groups is 2. The van der Waals surface area contributed by atoms with Crippen molar-refractivity contribution in [2.24, 2.45) is 5.73 Å². The van der Waals surface area contributed by atoms with Crippen molar-refractivity contribution in [2.75, 3.05) is 7.05 Å². The Balaban J connectivity index is 1.90. The average molecular weight is 396 g/mol. The normalized spacial score (nSPS) is 12.3. The summed E-state index contributed by atoms with van der Waals surface area (Å²) in [5.74, 6) is -1.19. The van der Waals surface area contributed by atoms with Crippen LogP contribution < -0.4 is 5.73 Å². The zero-order valence-corrected chi connectivity index (χ0v) is 17.0. The van der Waals surface area contributed by atoms with Crippen LogP contribution in [-0.2, 0) is 16.0 Å². The van der Waals surface area contributed by atoms with Crippen molar-refractivity contribution in [3.63, 3.8) is 0 Å². The third-order valence-electron chi connectivity index (χ3n) is 5.22. The van der Waals surface area contributed by atoms with Crippen LogP contribution in [0.15, 0.2) is 47.1 Å². The number of rotatable bonds is 6. The maximum atomic E-state index is 13.6. The molecule has 152 valence electrons. The summed E-state index contributed by atoms with van der Waals surface area (Å²) in [4.78, 5) is 26.2. The Morgan fingerprint density at radius 2 is 1.93 bits per heavy atom. The highest BCUT2D eigenvalue weighted by Gasteiger charge is 2.27. The Morgan fingerprint density at radius 3 is 2.55 bits per heavy atom. The van der Waals surface area contributed by atoms with Gasteiger partial charge in [-0.15, -0.1) is 0 Å². The van der Waals surface area contributed by atoms with E-state index in [4.69, 9.17) is 10.2 Å². The molecule has 0 aliphatic heterocycles. The molecule has 1 unspecified atom stereocenters. The van der Waals surface area contributed by atoms with E-state index in [1.54, 1.807) is 12.3 Å². The molecule has 2 N–H and O–H groups in total. The fraction of sp³-hybridized carbons (Fsp3) is 0.304. The highest BCUT2D eigenvalue weighted by molar-refractivity contribution is 5.91. The second-order valence-electron chi connectivity index (χ2n) is 7.66. The summed E-state index contributed by atoms with van der Waals surface area (Å²) in [6.07, 6.45) is 1.62. The number of nitrogens with two attached hydrogens (primary N) is 1. The molecule has 0 aliphatic carbocycles. The van der Waals surface area contributed by atoms with Gasteiger partial charge in [0, 0.05) is 18.0 Å². The number of furan rings is 1. The van der Waals surface area contributed by atoms with E-state index in [2.05, 4.69) is 19.9 Å². The number of halogens is 1. The summed E-state index contributed by atoms with van der Waals surface area (Å²) < 4.78 is 19.2. The van der Waals surface area contributed by atoms with Crippen molar-refractivity contribution in [3.8, 4) is 0 Å². The molecule has 0 bridgehead atoms. The van der Waals surface area contributed by atoms with Crippen LogP contribution in [0.1, 0.15) is 48.1 Å². The van der Waals surface area contributed by atoms with Crippen LogP contribution in [0.4, 0.5) is 4.39 Å². The van der Waals surface area contributed by atoms with Gasteiger partial charge in [0.25, 0.3) is 0 Å². The van der Waals surface area contributed by atoms with Crippen molar-refractivity contribution in [1.82, 2.24) is 4.90 Å². The van der Waals surface area contributed by atoms with Crippen LogP contribution in [0.2, 0.25) is 0 Å². The zero-order chi connectivity index (χ0) is 21.3. The van der Waals surface area contributed by atoms with Crippen LogP contribution in [0.3, 0.4) is 0 Å². The minimum atomic E-state index is -1.05. The highest BCUT2D eigenvalue weighted by atomic mass is 19.1. The fourth-order valence-electron chi connectivity index (χ4n) is 3.69. The average Bonchev–Trinajstić information content (AvgIpc) is 3.02. The number of benzene rings is 2. The third-order valence-corrected chi connectivity index (χ3v) is 5.22. The van der Waals surface area contributed by atoms with Gasteiger partial charge in [-0.05, 0) is 53.8 Å². The topological polar surface area (TPSA) is 76.5 Å². The molecule has 0 radical (unpaired) electrons. The van der Waals surface area contributed by atoms with Gasteiger partial charge in [0.05, 0.1) is 12.7 Å². The molecule has 1 aromatic heterocycles. The molecule has 3 rings (SSSR count). The predicted molar refractivity (Wildman–Crippen MR) is 110 cm³/mol. The lowest BCUT2D eigenvalue weighted by molar-refractivity contribution is -0.137. The number of amides is 2. The van der Waals surface area contributed by atoms with E-state index in [1.807, 2.05) is 13.0 Å². The number of hydrogen-bond donors (Lipinski definition) is 1. The molecular formula is C23H25FN2O3. The lowest BCUT2D eigenvalue weighted by atomic mass is 9.95. The number of nitrogens with zero attached hydrogens (tertiary/aromatic N) is 1. The van der Waals surface area contributed by atoms with E-state index in [-0.39, 0.29) is 12.3 Å². The molecule has 6 heteroatoms. The van der Waals surface area contributed by atoms with Gasteiger partial charge in [0.1, 0.15) is 17.4 Å². The number of fused-ring (bicyclic) bond motifs is 1. The quantitative estimate of drug-likeness (QED) is 0.677. The Bertz CT molecular complexity index is 1070. The van der Waals surface area contributed by atoms with Crippen molar-refractivity contribution >= 4 is 22.8 Å². The van der Waals surface area contributed by atoms with Gasteiger partial charge in [0.2, 0.25) is 11.8 Å². The Kier molecular flexibility index (Phi) is 5.73. The minimum Gasteiger partial charge on any atom is -0.464 e. The summed E-state index contributed by atoms with van der Waals surface area (Å²) in [5, 5.41) is 0.877. The van der Waals surface area contributed by atoms with Gasteiger partial charge in [-0.3, -0.25) is 9.59 Å². The van der Waals surface area contributed by atoms with Crippen molar-refractivity contribution < 1.29 is 18.4 Å². The second kappa shape index (κ2) is 8.07. The molecule has 3 aromatic rings. The lowest BCUT2D eigenvalue weighted by Gasteiger charge is -2.26. The van der Waals surface area contributed by atoms with E-state index in [0.717, 1.165) is 16.5 Å². The fourth-order valence-corrected chi connectivity index (χ4v) is 3.69.